The highest BCUT2D eigenvalue weighted by molar-refractivity contribution is 5.57. The molecule has 2 bridgehead atoms. The van der Waals surface area contributed by atoms with Crippen LogP contribution in [0.2, 0.25) is 0 Å². The third-order valence-corrected chi connectivity index (χ3v) is 6.70. The van der Waals surface area contributed by atoms with Crippen LogP contribution in [-0.4, -0.2) is 48.7 Å². The van der Waals surface area contributed by atoms with Crippen molar-refractivity contribution in [2.75, 3.05) is 31.6 Å². The maximum atomic E-state index is 9.61. The number of hydrogen-bond donors (Lipinski definition) is 0. The Labute approximate surface area is 160 Å². The van der Waals surface area contributed by atoms with E-state index in [-0.39, 0.29) is 0 Å². The van der Waals surface area contributed by atoms with Crippen molar-refractivity contribution in [1.29, 1.82) is 5.26 Å². The van der Waals surface area contributed by atoms with Gasteiger partial charge in [0.1, 0.15) is 17.6 Å². The molecule has 4 saturated heterocycles. The van der Waals surface area contributed by atoms with Gasteiger partial charge < -0.3 is 9.64 Å². The molecule has 5 heteroatoms. The first-order valence-electron chi connectivity index (χ1n) is 9.80. The number of nitriles is 1. The van der Waals surface area contributed by atoms with Crippen LogP contribution in [0.4, 0.5) is 5.82 Å². The summed E-state index contributed by atoms with van der Waals surface area (Å²) >= 11 is 0. The summed E-state index contributed by atoms with van der Waals surface area (Å²) in [5, 5.41) is 9.61. The standard InChI is InChI=1S/C22H24N4O/c1-27-18-6-2-4-16(12-18)19-14-26(22-17(13-23)5-3-9-24-22)20-15-7-10-25(11-8-15)21(19)20/h2-6,9,12,15,19-21H,7-8,10-11,14H2,1H3/t19-,20+,21+/m0/s1. The average Bonchev–Trinajstić information content (AvgIpc) is 3.17. The van der Waals surface area contributed by atoms with Crippen molar-refractivity contribution in [2.24, 2.45) is 5.92 Å². The molecule has 0 unspecified atom stereocenters. The molecule has 6 rings (SSSR count). The van der Waals surface area contributed by atoms with E-state index < -0.39 is 0 Å². The Morgan fingerprint density at radius 2 is 2.00 bits per heavy atom. The molecule has 1 aromatic carbocycles. The van der Waals surface area contributed by atoms with E-state index in [9.17, 15) is 5.26 Å². The fourth-order valence-electron chi connectivity index (χ4n) is 5.54. The van der Waals surface area contributed by atoms with Gasteiger partial charge in [0, 0.05) is 30.7 Å². The van der Waals surface area contributed by atoms with E-state index in [1.165, 1.54) is 31.5 Å². The van der Waals surface area contributed by atoms with Gasteiger partial charge >= 0.3 is 0 Å². The van der Waals surface area contributed by atoms with E-state index in [2.05, 4.69) is 39.1 Å². The first kappa shape index (κ1) is 16.6. The van der Waals surface area contributed by atoms with Gasteiger partial charge in [-0.1, -0.05) is 12.1 Å². The summed E-state index contributed by atoms with van der Waals surface area (Å²) in [5.74, 6) is 2.86. The van der Waals surface area contributed by atoms with Gasteiger partial charge in [-0.15, -0.1) is 0 Å². The summed E-state index contributed by atoms with van der Waals surface area (Å²) in [7, 11) is 1.72. The van der Waals surface area contributed by atoms with Gasteiger partial charge in [0.2, 0.25) is 0 Å². The second-order valence-corrected chi connectivity index (χ2v) is 7.88. The van der Waals surface area contributed by atoms with Crippen molar-refractivity contribution in [3.8, 4) is 11.8 Å². The molecule has 3 atom stereocenters. The van der Waals surface area contributed by atoms with Crippen LogP contribution in [0, 0.1) is 17.2 Å². The van der Waals surface area contributed by atoms with Gasteiger partial charge in [-0.2, -0.15) is 5.26 Å². The van der Waals surface area contributed by atoms with E-state index in [1.807, 2.05) is 24.4 Å². The number of anilines is 1. The predicted molar refractivity (Wildman–Crippen MR) is 104 cm³/mol. The monoisotopic (exact) mass is 360 g/mol. The Kier molecular flexibility index (Phi) is 4.02. The fourth-order valence-corrected chi connectivity index (χ4v) is 5.54. The minimum absolute atomic E-state index is 0.404. The Morgan fingerprint density at radius 1 is 1.15 bits per heavy atom. The topological polar surface area (TPSA) is 52.4 Å². The first-order chi connectivity index (χ1) is 13.3. The van der Waals surface area contributed by atoms with Crippen LogP contribution in [0.15, 0.2) is 42.6 Å². The Bertz CT molecular complexity index is 884. The fraction of sp³-hybridized carbons (Fsp3) is 0.455. The van der Waals surface area contributed by atoms with Crippen LogP contribution in [0.25, 0.3) is 0 Å². The number of ether oxygens (including phenoxy) is 1. The molecule has 27 heavy (non-hydrogen) atoms. The zero-order valence-electron chi connectivity index (χ0n) is 15.6. The number of benzene rings is 1. The van der Waals surface area contributed by atoms with E-state index in [0.29, 0.717) is 29.5 Å². The molecule has 5 heterocycles. The smallest absolute Gasteiger partial charge is 0.146 e. The third-order valence-electron chi connectivity index (χ3n) is 6.70. The molecule has 138 valence electrons. The number of aromatic nitrogens is 1. The lowest BCUT2D eigenvalue weighted by Crippen LogP contribution is -2.60. The molecular formula is C22H24N4O. The van der Waals surface area contributed by atoms with Gasteiger partial charge in [0.05, 0.1) is 12.7 Å². The Balaban J connectivity index is 1.59. The van der Waals surface area contributed by atoms with Crippen molar-refractivity contribution < 1.29 is 4.74 Å². The maximum absolute atomic E-state index is 9.61. The molecule has 0 saturated carbocycles. The van der Waals surface area contributed by atoms with E-state index in [1.54, 1.807) is 7.11 Å². The molecule has 4 fully saturated rings. The normalized spacial score (nSPS) is 31.4. The maximum Gasteiger partial charge on any atom is 0.146 e. The van der Waals surface area contributed by atoms with Gasteiger partial charge in [-0.05, 0) is 61.7 Å². The highest BCUT2D eigenvalue weighted by atomic mass is 16.5. The number of pyridine rings is 1. The second-order valence-electron chi connectivity index (χ2n) is 7.88. The molecule has 2 aromatic rings. The number of nitrogens with zero attached hydrogens (tertiary/aromatic N) is 4. The molecule has 0 N–H and O–H groups in total. The lowest BCUT2D eigenvalue weighted by Gasteiger charge is -2.51. The van der Waals surface area contributed by atoms with Gasteiger partial charge in [-0.3, -0.25) is 4.90 Å². The summed E-state index contributed by atoms with van der Waals surface area (Å²) in [6.07, 6.45) is 4.31. The van der Waals surface area contributed by atoms with E-state index >= 15 is 0 Å². The summed E-state index contributed by atoms with van der Waals surface area (Å²) < 4.78 is 5.48. The van der Waals surface area contributed by atoms with Crippen LogP contribution >= 0.6 is 0 Å². The molecule has 5 nitrogen and oxygen atoms in total. The molecule has 4 aliphatic heterocycles. The number of rotatable bonds is 3. The largest absolute Gasteiger partial charge is 0.497 e. The molecule has 0 amide bonds. The number of piperidine rings is 3. The predicted octanol–water partition coefficient (Wildman–Crippen LogP) is 3.03. The van der Waals surface area contributed by atoms with Crippen LogP contribution in [0.3, 0.4) is 0 Å². The van der Waals surface area contributed by atoms with Gasteiger partial charge in [-0.25, -0.2) is 4.98 Å². The van der Waals surface area contributed by atoms with Crippen LogP contribution in [-0.2, 0) is 0 Å². The first-order valence-corrected chi connectivity index (χ1v) is 9.80. The van der Waals surface area contributed by atoms with E-state index in [0.717, 1.165) is 18.1 Å². The molecule has 0 spiro atoms. The zero-order valence-corrected chi connectivity index (χ0v) is 15.6. The SMILES string of the molecule is COc1cccc([C@@H]2CN(c3ncccc3C#N)[C@@H]3C4CCN(CC4)[C@@H]32)c1. The van der Waals surface area contributed by atoms with Crippen molar-refractivity contribution in [3.05, 3.63) is 53.7 Å². The Hall–Kier alpha value is -2.58. The number of hydrogen-bond acceptors (Lipinski definition) is 5. The highest BCUT2D eigenvalue weighted by Crippen LogP contribution is 2.48. The number of methoxy groups -OCH3 is 1. The molecular weight excluding hydrogens is 336 g/mol. The lowest BCUT2D eigenvalue weighted by molar-refractivity contribution is 0.0354. The van der Waals surface area contributed by atoms with Crippen molar-refractivity contribution in [1.82, 2.24) is 9.88 Å². The number of fused-ring (bicyclic) bond motifs is 2. The van der Waals surface area contributed by atoms with Crippen molar-refractivity contribution >= 4 is 5.82 Å². The average molecular weight is 360 g/mol. The Morgan fingerprint density at radius 3 is 2.78 bits per heavy atom. The second kappa shape index (κ2) is 6.54. The summed E-state index contributed by atoms with van der Waals surface area (Å²) in [6, 6.07) is 15.5. The summed E-state index contributed by atoms with van der Waals surface area (Å²) in [4.78, 5) is 9.73. The van der Waals surface area contributed by atoms with Crippen LogP contribution in [0.1, 0.15) is 29.9 Å². The molecule has 4 aliphatic rings. The van der Waals surface area contributed by atoms with Gasteiger partial charge in [0.25, 0.3) is 0 Å². The third kappa shape index (κ3) is 2.59. The summed E-state index contributed by atoms with van der Waals surface area (Å²) in [5.41, 5.74) is 2.01. The highest BCUT2D eigenvalue weighted by Gasteiger charge is 2.54. The lowest BCUT2D eigenvalue weighted by atomic mass is 9.75. The molecule has 1 aromatic heterocycles. The molecule has 0 aliphatic carbocycles. The quantitative estimate of drug-likeness (QED) is 0.842. The zero-order chi connectivity index (χ0) is 18.4. The van der Waals surface area contributed by atoms with Crippen LogP contribution < -0.4 is 9.64 Å². The van der Waals surface area contributed by atoms with E-state index in [4.69, 9.17) is 4.74 Å². The van der Waals surface area contributed by atoms with Crippen molar-refractivity contribution in [2.45, 2.75) is 30.8 Å². The minimum Gasteiger partial charge on any atom is -0.497 e. The minimum atomic E-state index is 0.404. The van der Waals surface area contributed by atoms with Crippen molar-refractivity contribution in [3.63, 3.8) is 0 Å². The molecule has 0 radical (unpaired) electrons. The van der Waals surface area contributed by atoms with Gasteiger partial charge in [0.15, 0.2) is 0 Å². The summed E-state index contributed by atoms with van der Waals surface area (Å²) in [6.45, 7) is 3.28. The van der Waals surface area contributed by atoms with Crippen LogP contribution in [0.5, 0.6) is 5.75 Å².